The van der Waals surface area contributed by atoms with Gasteiger partial charge in [0.1, 0.15) is 0 Å². The molecule has 0 amide bonds. The molecule has 0 rings (SSSR count). The Morgan fingerprint density at radius 1 is 0.615 bits per heavy atom. The number of hydrogen-bond donors (Lipinski definition) is 4. The molecule has 0 aliphatic rings. The molecule has 0 saturated carbocycles. The molecule has 0 unspecified atom stereocenters. The molecule has 0 aromatic rings. The van der Waals surface area contributed by atoms with Gasteiger partial charge in [0.25, 0.3) is 0 Å². The van der Waals surface area contributed by atoms with Crippen LogP contribution in [0.15, 0.2) is 0 Å². The van der Waals surface area contributed by atoms with Crippen molar-refractivity contribution in [2.24, 2.45) is 0 Å². The van der Waals surface area contributed by atoms with Gasteiger partial charge in [0, 0.05) is 32.2 Å². The maximum absolute atomic E-state index is 11.0. The van der Waals surface area contributed by atoms with E-state index in [-0.39, 0.29) is 38.8 Å². The average Bonchev–Trinajstić information content (AvgIpc) is 2.45. The van der Waals surface area contributed by atoms with E-state index >= 15 is 0 Å². The third-order valence-corrected chi connectivity index (χ3v) is 3.58. The maximum atomic E-state index is 11.0. The Kier molecular flexibility index (Phi) is 11.1. The zero-order valence-corrected chi connectivity index (χ0v) is 15.0. The molecule has 0 spiro atoms. The number of carbonyl (C=O) groups is 4. The Morgan fingerprint density at radius 3 is 1.35 bits per heavy atom. The van der Waals surface area contributed by atoms with Gasteiger partial charge in [-0.1, -0.05) is 0 Å². The average molecular weight is 377 g/mol. The van der Waals surface area contributed by atoms with Crippen molar-refractivity contribution in [3.05, 3.63) is 0 Å². The summed E-state index contributed by atoms with van der Waals surface area (Å²) < 4.78 is 0. The summed E-state index contributed by atoms with van der Waals surface area (Å²) in [5, 5.41) is 35.6. The molecule has 0 aromatic heterocycles. The van der Waals surface area contributed by atoms with Gasteiger partial charge in [-0.15, -0.1) is 0 Å². The van der Waals surface area contributed by atoms with Gasteiger partial charge in [0.05, 0.1) is 26.2 Å². The summed E-state index contributed by atoms with van der Waals surface area (Å²) in [6.07, 6.45) is 0. The summed E-state index contributed by atoms with van der Waals surface area (Å²) >= 11 is 0. The van der Waals surface area contributed by atoms with Crippen molar-refractivity contribution in [1.29, 1.82) is 0 Å². The highest BCUT2D eigenvalue weighted by Crippen LogP contribution is 2.00. The molecular formula is C15H27N3O8. The van der Waals surface area contributed by atoms with Gasteiger partial charge in [0.2, 0.25) is 0 Å². The molecular weight excluding hydrogens is 350 g/mol. The first-order valence-corrected chi connectivity index (χ1v) is 8.07. The summed E-state index contributed by atoms with van der Waals surface area (Å²) in [5.74, 6) is -4.42. The van der Waals surface area contributed by atoms with E-state index in [1.807, 2.05) is 13.8 Å². The van der Waals surface area contributed by atoms with Crippen molar-refractivity contribution in [1.82, 2.24) is 14.7 Å². The molecule has 0 fully saturated rings. The van der Waals surface area contributed by atoms with Crippen molar-refractivity contribution in [2.45, 2.75) is 19.9 Å². The summed E-state index contributed by atoms with van der Waals surface area (Å²) in [4.78, 5) is 47.9. The lowest BCUT2D eigenvalue weighted by atomic mass is 10.3. The Bertz CT molecular complexity index is 481. The van der Waals surface area contributed by atoms with Crippen LogP contribution in [0.3, 0.4) is 0 Å². The van der Waals surface area contributed by atoms with Gasteiger partial charge in [-0.25, -0.2) is 0 Å². The molecule has 0 aliphatic heterocycles. The largest absolute Gasteiger partial charge is 0.480 e. The van der Waals surface area contributed by atoms with E-state index in [2.05, 4.69) is 0 Å². The highest BCUT2D eigenvalue weighted by atomic mass is 16.4. The zero-order chi connectivity index (χ0) is 20.3. The minimum atomic E-state index is -1.18. The summed E-state index contributed by atoms with van der Waals surface area (Å²) in [7, 11) is 0. The van der Waals surface area contributed by atoms with Crippen molar-refractivity contribution in [2.75, 3.05) is 52.4 Å². The van der Waals surface area contributed by atoms with Crippen LogP contribution >= 0.6 is 0 Å². The third-order valence-electron chi connectivity index (χ3n) is 3.58. The van der Waals surface area contributed by atoms with Crippen LogP contribution in [0.1, 0.15) is 13.8 Å². The van der Waals surface area contributed by atoms with Crippen LogP contribution in [0.25, 0.3) is 0 Å². The number of carboxylic acid groups (broad SMARTS) is 4. The van der Waals surface area contributed by atoms with E-state index < -0.39 is 37.0 Å². The summed E-state index contributed by atoms with van der Waals surface area (Å²) in [6, 6.07) is -0.0479. The molecule has 0 atom stereocenters. The predicted molar refractivity (Wildman–Crippen MR) is 90.1 cm³/mol. The van der Waals surface area contributed by atoms with Gasteiger partial charge in [-0.05, 0) is 13.8 Å². The van der Waals surface area contributed by atoms with Crippen LogP contribution in [0.5, 0.6) is 0 Å². The third kappa shape index (κ3) is 12.2. The van der Waals surface area contributed by atoms with Gasteiger partial charge in [-0.2, -0.15) is 0 Å². The lowest BCUT2D eigenvalue weighted by Gasteiger charge is -2.29. The molecule has 0 heterocycles. The van der Waals surface area contributed by atoms with Crippen LogP contribution in [-0.2, 0) is 19.2 Å². The maximum Gasteiger partial charge on any atom is 0.317 e. The quantitative estimate of drug-likeness (QED) is 0.267. The smallest absolute Gasteiger partial charge is 0.317 e. The standard InChI is InChI=1S/C15H27N3O8/c1-11(2)18(10-15(25)26)6-5-16(7-12(19)20)3-4-17(8-13(21)22)9-14(23)24/h11H,3-10H2,1-2H3,(H,19,20)(H,21,22)(H,23,24)(H,25,26). The number of nitrogens with zero attached hydrogens (tertiary/aromatic N) is 3. The fourth-order valence-electron chi connectivity index (χ4n) is 2.30. The van der Waals surface area contributed by atoms with Crippen LogP contribution in [-0.4, -0.2) is 117 Å². The lowest BCUT2D eigenvalue weighted by Crippen LogP contribution is -2.46. The molecule has 4 N–H and O–H groups in total. The number of aliphatic carboxylic acids is 4. The fourth-order valence-corrected chi connectivity index (χ4v) is 2.30. The van der Waals surface area contributed by atoms with Crippen molar-refractivity contribution < 1.29 is 39.6 Å². The second-order valence-corrected chi connectivity index (χ2v) is 6.13. The van der Waals surface area contributed by atoms with E-state index in [9.17, 15) is 19.2 Å². The molecule has 0 bridgehead atoms. The topological polar surface area (TPSA) is 159 Å². The molecule has 0 saturated heterocycles. The van der Waals surface area contributed by atoms with Crippen LogP contribution in [0, 0.1) is 0 Å². The number of carboxylic acids is 4. The monoisotopic (exact) mass is 377 g/mol. The van der Waals surface area contributed by atoms with E-state index in [1.54, 1.807) is 4.90 Å². The van der Waals surface area contributed by atoms with Crippen LogP contribution in [0.2, 0.25) is 0 Å². The van der Waals surface area contributed by atoms with Crippen molar-refractivity contribution in [3.8, 4) is 0 Å². The van der Waals surface area contributed by atoms with E-state index in [0.717, 1.165) is 0 Å². The normalized spacial score (nSPS) is 11.5. The Labute approximate surface area is 151 Å². The molecule has 150 valence electrons. The van der Waals surface area contributed by atoms with Crippen molar-refractivity contribution in [3.63, 3.8) is 0 Å². The Morgan fingerprint density at radius 2 is 0.962 bits per heavy atom. The van der Waals surface area contributed by atoms with E-state index in [4.69, 9.17) is 20.4 Å². The molecule has 0 aromatic carbocycles. The predicted octanol–water partition coefficient (Wildman–Crippen LogP) is -1.36. The van der Waals surface area contributed by atoms with Gasteiger partial charge in [-0.3, -0.25) is 33.9 Å². The molecule has 11 nitrogen and oxygen atoms in total. The summed E-state index contributed by atoms with van der Waals surface area (Å²) in [6.45, 7) is 3.00. The lowest BCUT2D eigenvalue weighted by molar-refractivity contribution is -0.143. The Balaban J connectivity index is 4.79. The molecule has 26 heavy (non-hydrogen) atoms. The highest BCUT2D eigenvalue weighted by molar-refractivity contribution is 5.72. The minimum absolute atomic E-state index is 0.0479. The summed E-state index contributed by atoms with van der Waals surface area (Å²) in [5.41, 5.74) is 0. The van der Waals surface area contributed by atoms with Crippen molar-refractivity contribution >= 4 is 23.9 Å². The molecule has 0 aliphatic carbocycles. The second-order valence-electron chi connectivity index (χ2n) is 6.13. The van der Waals surface area contributed by atoms with Gasteiger partial charge in [0.15, 0.2) is 0 Å². The number of rotatable bonds is 15. The highest BCUT2D eigenvalue weighted by Gasteiger charge is 2.19. The zero-order valence-electron chi connectivity index (χ0n) is 15.0. The van der Waals surface area contributed by atoms with Crippen LogP contribution < -0.4 is 0 Å². The van der Waals surface area contributed by atoms with E-state index in [1.165, 1.54) is 9.80 Å². The van der Waals surface area contributed by atoms with E-state index in [0.29, 0.717) is 6.54 Å². The van der Waals surface area contributed by atoms with Gasteiger partial charge < -0.3 is 20.4 Å². The first kappa shape index (κ1) is 23.8. The molecule has 11 heteroatoms. The first-order valence-electron chi connectivity index (χ1n) is 8.07. The van der Waals surface area contributed by atoms with Gasteiger partial charge >= 0.3 is 23.9 Å². The SMILES string of the molecule is CC(C)N(CCN(CCN(CC(=O)O)CC(=O)O)CC(=O)O)CC(=O)O. The second kappa shape index (κ2) is 12.2. The Hall–Kier alpha value is -2.24. The fraction of sp³-hybridized carbons (Fsp3) is 0.733. The minimum Gasteiger partial charge on any atom is -0.480 e. The van der Waals surface area contributed by atoms with Crippen LogP contribution in [0.4, 0.5) is 0 Å². The number of hydrogen-bond acceptors (Lipinski definition) is 7. The first-order chi connectivity index (χ1) is 12.0. The molecule has 0 radical (unpaired) electrons.